The normalized spacial score (nSPS) is 17.5. The third kappa shape index (κ3) is 3.84. The molecule has 0 spiro atoms. The molecule has 1 aliphatic carbocycles. The van der Waals surface area contributed by atoms with Gasteiger partial charge in [-0.05, 0) is 25.8 Å². The molecule has 120 valence electrons. The maximum Gasteiger partial charge on any atom is 0.260 e. The van der Waals surface area contributed by atoms with E-state index in [0.29, 0.717) is 31.8 Å². The Morgan fingerprint density at radius 3 is 2.67 bits per heavy atom. The van der Waals surface area contributed by atoms with E-state index in [4.69, 9.17) is 5.73 Å². The van der Waals surface area contributed by atoms with E-state index in [1.54, 1.807) is 4.31 Å². The first-order chi connectivity index (χ1) is 10.1. The Balaban J connectivity index is 2.24. The zero-order valence-electron chi connectivity index (χ0n) is 12.7. The first kappa shape index (κ1) is 16.5. The highest BCUT2D eigenvalue weighted by molar-refractivity contribution is 7.89. The second kappa shape index (κ2) is 7.38. The van der Waals surface area contributed by atoms with Crippen molar-refractivity contribution in [2.24, 2.45) is 5.73 Å². The van der Waals surface area contributed by atoms with Crippen molar-refractivity contribution in [1.82, 2.24) is 14.3 Å². The second-order valence-electron chi connectivity index (χ2n) is 5.60. The Morgan fingerprint density at radius 1 is 1.38 bits per heavy atom. The maximum atomic E-state index is 12.9. The van der Waals surface area contributed by atoms with Crippen molar-refractivity contribution >= 4 is 10.0 Å². The molecule has 0 amide bonds. The number of aryl methyl sites for hydroxylation is 1. The SMILES string of the molecule is CCc1ncc(S(=O)(=O)N(CCCN)C2CCCCC2)[nH]1. The molecule has 1 aromatic heterocycles. The average Bonchev–Trinajstić information content (AvgIpc) is 2.98. The van der Waals surface area contributed by atoms with E-state index in [1.165, 1.54) is 12.6 Å². The van der Waals surface area contributed by atoms with Crippen LogP contribution in [0.4, 0.5) is 0 Å². The highest BCUT2D eigenvalue weighted by Gasteiger charge is 2.33. The molecule has 7 heteroatoms. The number of nitrogens with zero attached hydrogens (tertiary/aromatic N) is 2. The van der Waals surface area contributed by atoms with Crippen molar-refractivity contribution in [3.05, 3.63) is 12.0 Å². The maximum absolute atomic E-state index is 12.9. The molecule has 0 bridgehead atoms. The van der Waals surface area contributed by atoms with Gasteiger partial charge in [-0.25, -0.2) is 13.4 Å². The lowest BCUT2D eigenvalue weighted by Crippen LogP contribution is -2.42. The molecule has 0 aromatic carbocycles. The van der Waals surface area contributed by atoms with Crippen molar-refractivity contribution in [3.8, 4) is 0 Å². The van der Waals surface area contributed by atoms with Gasteiger partial charge >= 0.3 is 0 Å². The van der Waals surface area contributed by atoms with Crippen LogP contribution in [-0.2, 0) is 16.4 Å². The van der Waals surface area contributed by atoms with Gasteiger partial charge in [0, 0.05) is 19.0 Å². The molecular weight excluding hydrogens is 288 g/mol. The van der Waals surface area contributed by atoms with Gasteiger partial charge in [0.15, 0.2) is 5.03 Å². The number of hydrogen-bond donors (Lipinski definition) is 2. The van der Waals surface area contributed by atoms with Crippen LogP contribution in [0.15, 0.2) is 11.2 Å². The fourth-order valence-corrected chi connectivity index (χ4v) is 4.55. The molecule has 6 nitrogen and oxygen atoms in total. The average molecular weight is 314 g/mol. The van der Waals surface area contributed by atoms with Gasteiger partial charge in [-0.15, -0.1) is 0 Å². The number of sulfonamides is 1. The molecule has 0 radical (unpaired) electrons. The number of imidazole rings is 1. The summed E-state index contributed by atoms with van der Waals surface area (Å²) >= 11 is 0. The first-order valence-electron chi connectivity index (χ1n) is 7.85. The van der Waals surface area contributed by atoms with E-state index in [-0.39, 0.29) is 11.1 Å². The molecular formula is C14H26N4O2S. The number of rotatable bonds is 7. The molecule has 21 heavy (non-hydrogen) atoms. The molecule has 0 unspecified atom stereocenters. The zero-order valence-corrected chi connectivity index (χ0v) is 13.5. The highest BCUT2D eigenvalue weighted by Crippen LogP contribution is 2.27. The van der Waals surface area contributed by atoms with Gasteiger partial charge in [-0.2, -0.15) is 4.31 Å². The molecule has 1 heterocycles. The van der Waals surface area contributed by atoms with Gasteiger partial charge in [0.25, 0.3) is 10.0 Å². The lowest BCUT2D eigenvalue weighted by atomic mass is 9.95. The molecule has 0 saturated heterocycles. The fraction of sp³-hybridized carbons (Fsp3) is 0.786. The van der Waals surface area contributed by atoms with Gasteiger partial charge in [0.05, 0.1) is 6.20 Å². The van der Waals surface area contributed by atoms with Crippen molar-refractivity contribution in [3.63, 3.8) is 0 Å². The largest absolute Gasteiger partial charge is 0.332 e. The van der Waals surface area contributed by atoms with Crippen LogP contribution < -0.4 is 5.73 Å². The summed E-state index contributed by atoms with van der Waals surface area (Å²) in [5.41, 5.74) is 5.57. The van der Waals surface area contributed by atoms with E-state index in [2.05, 4.69) is 9.97 Å². The molecule has 0 aliphatic heterocycles. The number of aromatic nitrogens is 2. The predicted molar refractivity (Wildman–Crippen MR) is 82.4 cm³/mol. The van der Waals surface area contributed by atoms with E-state index < -0.39 is 10.0 Å². The number of H-pyrrole nitrogens is 1. The molecule has 2 rings (SSSR count). The number of hydrogen-bond acceptors (Lipinski definition) is 4. The lowest BCUT2D eigenvalue weighted by molar-refractivity contribution is 0.251. The molecule has 1 aliphatic rings. The van der Waals surface area contributed by atoms with E-state index >= 15 is 0 Å². The van der Waals surface area contributed by atoms with Gasteiger partial charge < -0.3 is 10.7 Å². The summed E-state index contributed by atoms with van der Waals surface area (Å²) in [5, 5.41) is 0.210. The summed E-state index contributed by atoms with van der Waals surface area (Å²) in [7, 11) is -3.50. The zero-order chi connectivity index (χ0) is 15.3. The van der Waals surface area contributed by atoms with Crippen LogP contribution in [0.2, 0.25) is 0 Å². The molecule has 1 saturated carbocycles. The van der Waals surface area contributed by atoms with Crippen LogP contribution in [0.25, 0.3) is 0 Å². The third-order valence-corrected chi connectivity index (χ3v) is 5.95. The minimum Gasteiger partial charge on any atom is -0.332 e. The fourth-order valence-electron chi connectivity index (χ4n) is 2.90. The van der Waals surface area contributed by atoms with Crippen LogP contribution in [0.5, 0.6) is 0 Å². The monoisotopic (exact) mass is 314 g/mol. The standard InChI is InChI=1S/C14H26N4O2S/c1-2-13-16-11-14(17-13)21(19,20)18(10-6-9-15)12-7-4-3-5-8-12/h11-12H,2-10,15H2,1H3,(H,16,17). The number of aromatic amines is 1. The first-order valence-corrected chi connectivity index (χ1v) is 9.29. The van der Waals surface area contributed by atoms with Gasteiger partial charge in [-0.1, -0.05) is 26.2 Å². The van der Waals surface area contributed by atoms with Gasteiger partial charge in [0.2, 0.25) is 0 Å². The lowest BCUT2D eigenvalue weighted by Gasteiger charge is -2.32. The van der Waals surface area contributed by atoms with Crippen molar-refractivity contribution in [1.29, 1.82) is 0 Å². The summed E-state index contributed by atoms with van der Waals surface area (Å²) in [6.07, 6.45) is 8.10. The van der Waals surface area contributed by atoms with E-state index in [1.807, 2.05) is 6.92 Å². The summed E-state index contributed by atoms with van der Waals surface area (Å²) in [4.78, 5) is 7.05. The van der Waals surface area contributed by atoms with Crippen LogP contribution in [0.3, 0.4) is 0 Å². The topological polar surface area (TPSA) is 92.1 Å². The van der Waals surface area contributed by atoms with Crippen molar-refractivity contribution in [2.45, 2.75) is 62.9 Å². The van der Waals surface area contributed by atoms with Gasteiger partial charge in [0.1, 0.15) is 5.82 Å². The summed E-state index contributed by atoms with van der Waals surface area (Å²) in [6.45, 7) is 2.94. The molecule has 1 fully saturated rings. The number of nitrogens with one attached hydrogen (secondary N) is 1. The second-order valence-corrected chi connectivity index (χ2v) is 7.46. The van der Waals surface area contributed by atoms with E-state index in [0.717, 1.165) is 25.7 Å². The van der Waals surface area contributed by atoms with Crippen LogP contribution in [0, 0.1) is 0 Å². The summed E-state index contributed by atoms with van der Waals surface area (Å²) in [5.74, 6) is 0.705. The molecule has 1 aromatic rings. The Labute approximate surface area is 127 Å². The van der Waals surface area contributed by atoms with Crippen LogP contribution >= 0.6 is 0 Å². The Morgan fingerprint density at radius 2 is 2.10 bits per heavy atom. The predicted octanol–water partition coefficient (Wildman–Crippen LogP) is 1.64. The quantitative estimate of drug-likeness (QED) is 0.800. The Hall–Kier alpha value is -0.920. The molecule has 0 atom stereocenters. The van der Waals surface area contributed by atoms with Crippen LogP contribution in [-0.4, -0.2) is 41.8 Å². The highest BCUT2D eigenvalue weighted by atomic mass is 32.2. The van der Waals surface area contributed by atoms with Crippen LogP contribution in [0.1, 0.15) is 51.3 Å². The minimum atomic E-state index is -3.50. The Kier molecular flexibility index (Phi) is 5.78. The molecule has 3 N–H and O–H groups in total. The summed E-state index contributed by atoms with van der Waals surface area (Å²) < 4.78 is 27.4. The third-order valence-electron chi connectivity index (χ3n) is 4.09. The summed E-state index contributed by atoms with van der Waals surface area (Å²) in [6, 6.07) is 0.101. The van der Waals surface area contributed by atoms with Crippen molar-refractivity contribution < 1.29 is 8.42 Å². The van der Waals surface area contributed by atoms with Crippen molar-refractivity contribution in [2.75, 3.05) is 13.1 Å². The minimum absolute atomic E-state index is 0.101. The smallest absolute Gasteiger partial charge is 0.260 e. The number of nitrogens with two attached hydrogens (primary N) is 1. The van der Waals surface area contributed by atoms with E-state index in [9.17, 15) is 8.42 Å². The van der Waals surface area contributed by atoms with Gasteiger partial charge in [-0.3, -0.25) is 0 Å². The Bertz CT molecular complexity index is 535.